The molecule has 3 nitrogen and oxygen atoms in total. The molecule has 1 unspecified atom stereocenters. The summed E-state index contributed by atoms with van der Waals surface area (Å²) >= 11 is 0. The number of rotatable bonds is 4. The average Bonchev–Trinajstić information content (AvgIpc) is 2.67. The predicted octanol–water partition coefficient (Wildman–Crippen LogP) is 5.82. The number of carbonyl (C=O) groups excluding carboxylic acids is 1. The number of nitrogens with zero attached hydrogens (tertiary/aromatic N) is 1. The van der Waals surface area contributed by atoms with Gasteiger partial charge in [-0.05, 0) is 66.9 Å². The van der Waals surface area contributed by atoms with Gasteiger partial charge >= 0.3 is 6.18 Å². The van der Waals surface area contributed by atoms with Crippen molar-refractivity contribution in [3.63, 3.8) is 0 Å². The summed E-state index contributed by atoms with van der Waals surface area (Å²) in [4.78, 5) is 16.6. The van der Waals surface area contributed by atoms with Gasteiger partial charge in [0.15, 0.2) is 0 Å². The Morgan fingerprint density at radius 1 is 0.964 bits per heavy atom. The molecule has 1 heterocycles. The first-order valence-electron chi connectivity index (χ1n) is 8.75. The third-order valence-corrected chi connectivity index (χ3v) is 4.51. The molecule has 6 heteroatoms. The van der Waals surface area contributed by atoms with E-state index in [1.54, 1.807) is 25.3 Å². The van der Waals surface area contributed by atoms with Gasteiger partial charge in [0.2, 0.25) is 5.91 Å². The molecule has 144 valence electrons. The smallest absolute Gasteiger partial charge is 0.326 e. The van der Waals surface area contributed by atoms with Crippen molar-refractivity contribution in [2.24, 2.45) is 0 Å². The summed E-state index contributed by atoms with van der Waals surface area (Å²) in [5.74, 6) is -0.864. The molecule has 0 fully saturated rings. The molecule has 0 aliphatic carbocycles. The highest BCUT2D eigenvalue weighted by molar-refractivity contribution is 5.95. The molecule has 2 aromatic carbocycles. The number of alkyl halides is 3. The van der Waals surface area contributed by atoms with Gasteiger partial charge in [-0.2, -0.15) is 13.2 Å². The zero-order valence-corrected chi connectivity index (χ0v) is 15.4. The lowest BCUT2D eigenvalue weighted by Gasteiger charge is -2.14. The third kappa shape index (κ3) is 4.57. The Balaban J connectivity index is 1.68. The van der Waals surface area contributed by atoms with Crippen LogP contribution >= 0.6 is 0 Å². The van der Waals surface area contributed by atoms with Gasteiger partial charge in [0.1, 0.15) is 0 Å². The minimum Gasteiger partial charge on any atom is -0.326 e. The van der Waals surface area contributed by atoms with Crippen molar-refractivity contribution in [2.45, 2.75) is 25.9 Å². The number of hydrogen-bond donors (Lipinski definition) is 1. The lowest BCUT2D eigenvalue weighted by Crippen LogP contribution is -2.19. The topological polar surface area (TPSA) is 42.0 Å². The highest BCUT2D eigenvalue weighted by Gasteiger charge is 2.30. The monoisotopic (exact) mass is 384 g/mol. The van der Waals surface area contributed by atoms with Gasteiger partial charge in [0.25, 0.3) is 0 Å². The van der Waals surface area contributed by atoms with E-state index in [-0.39, 0.29) is 5.91 Å². The summed E-state index contributed by atoms with van der Waals surface area (Å²) in [6.07, 6.45) is -2.65. The normalized spacial score (nSPS) is 12.5. The number of carbonyl (C=O) groups is 1. The maximum atomic E-state index is 12.7. The van der Waals surface area contributed by atoms with E-state index in [0.717, 1.165) is 29.0 Å². The van der Waals surface area contributed by atoms with Crippen molar-refractivity contribution in [1.29, 1.82) is 0 Å². The third-order valence-electron chi connectivity index (χ3n) is 4.51. The number of aromatic nitrogens is 1. The first-order valence-corrected chi connectivity index (χ1v) is 8.75. The standard InChI is InChI=1S/C22H19F3N2O/c1-14-13-18(11-12-26-14)17-5-9-20(10-6-17)27-21(28)15(2)16-3-7-19(8-4-16)22(23,24)25/h3-13,15H,1-2H3,(H,27,28). The fraction of sp³-hybridized carbons (Fsp3) is 0.182. The van der Waals surface area contributed by atoms with E-state index >= 15 is 0 Å². The zero-order valence-electron chi connectivity index (χ0n) is 15.4. The van der Waals surface area contributed by atoms with Crippen molar-refractivity contribution in [3.8, 4) is 11.1 Å². The van der Waals surface area contributed by atoms with Crippen LogP contribution in [-0.4, -0.2) is 10.9 Å². The highest BCUT2D eigenvalue weighted by atomic mass is 19.4. The summed E-state index contributed by atoms with van der Waals surface area (Å²) in [5, 5.41) is 2.80. The van der Waals surface area contributed by atoms with Gasteiger partial charge in [-0.1, -0.05) is 24.3 Å². The van der Waals surface area contributed by atoms with Crippen LogP contribution in [-0.2, 0) is 11.0 Å². The molecule has 0 spiro atoms. The van der Waals surface area contributed by atoms with E-state index in [2.05, 4.69) is 10.3 Å². The SMILES string of the molecule is Cc1cc(-c2ccc(NC(=O)C(C)c3ccc(C(F)(F)F)cc3)cc2)ccn1. The summed E-state index contributed by atoms with van der Waals surface area (Å²) in [6, 6.07) is 15.9. The molecule has 3 rings (SSSR count). The van der Waals surface area contributed by atoms with Gasteiger partial charge in [0.05, 0.1) is 11.5 Å². The Labute approximate surface area is 161 Å². The number of halogens is 3. The lowest BCUT2D eigenvalue weighted by molar-refractivity contribution is -0.137. The number of pyridine rings is 1. The minimum atomic E-state index is -4.39. The van der Waals surface area contributed by atoms with E-state index in [1.165, 1.54) is 12.1 Å². The summed E-state index contributed by atoms with van der Waals surface area (Å²) in [7, 11) is 0. The molecule has 1 atom stereocenters. The van der Waals surface area contributed by atoms with E-state index in [0.29, 0.717) is 11.3 Å². The molecule has 0 radical (unpaired) electrons. The highest BCUT2D eigenvalue weighted by Crippen LogP contribution is 2.30. The van der Waals surface area contributed by atoms with Gasteiger partial charge in [-0.15, -0.1) is 0 Å². The Kier molecular flexibility index (Phi) is 5.49. The number of hydrogen-bond acceptors (Lipinski definition) is 2. The predicted molar refractivity (Wildman–Crippen MR) is 103 cm³/mol. The largest absolute Gasteiger partial charge is 0.416 e. The van der Waals surface area contributed by atoms with Crippen molar-refractivity contribution in [1.82, 2.24) is 4.98 Å². The van der Waals surface area contributed by atoms with Crippen molar-refractivity contribution >= 4 is 11.6 Å². The van der Waals surface area contributed by atoms with E-state index in [1.807, 2.05) is 31.2 Å². The number of nitrogens with one attached hydrogen (secondary N) is 1. The Morgan fingerprint density at radius 2 is 1.61 bits per heavy atom. The molecule has 0 aliphatic rings. The second-order valence-corrected chi connectivity index (χ2v) is 6.59. The van der Waals surface area contributed by atoms with Crippen LogP contribution in [0, 0.1) is 6.92 Å². The summed E-state index contributed by atoms with van der Waals surface area (Å²) < 4.78 is 38.0. The number of amides is 1. The quantitative estimate of drug-likeness (QED) is 0.616. The minimum absolute atomic E-state index is 0.285. The first kappa shape index (κ1) is 19.6. The molecule has 0 saturated carbocycles. The van der Waals surface area contributed by atoms with E-state index < -0.39 is 17.7 Å². The van der Waals surface area contributed by atoms with Crippen LogP contribution in [0.15, 0.2) is 66.9 Å². The van der Waals surface area contributed by atoms with Crippen molar-refractivity contribution < 1.29 is 18.0 Å². The zero-order chi connectivity index (χ0) is 20.3. The fourth-order valence-electron chi connectivity index (χ4n) is 2.83. The number of aryl methyl sites for hydroxylation is 1. The van der Waals surface area contributed by atoms with Crippen LogP contribution in [0.4, 0.5) is 18.9 Å². The van der Waals surface area contributed by atoms with Crippen LogP contribution in [0.2, 0.25) is 0 Å². The van der Waals surface area contributed by atoms with Gasteiger partial charge in [-0.3, -0.25) is 9.78 Å². The molecule has 28 heavy (non-hydrogen) atoms. The molecule has 1 N–H and O–H groups in total. The number of anilines is 1. The first-order chi connectivity index (χ1) is 13.2. The molecule has 3 aromatic rings. The Morgan fingerprint density at radius 3 is 2.18 bits per heavy atom. The molecule has 1 amide bonds. The van der Waals surface area contributed by atoms with Crippen LogP contribution in [0.25, 0.3) is 11.1 Å². The lowest BCUT2D eigenvalue weighted by atomic mass is 9.98. The Bertz CT molecular complexity index is 964. The van der Waals surface area contributed by atoms with Crippen LogP contribution in [0.5, 0.6) is 0 Å². The molecule has 0 bridgehead atoms. The van der Waals surface area contributed by atoms with Crippen LogP contribution in [0.3, 0.4) is 0 Å². The molecular formula is C22H19F3N2O. The van der Waals surface area contributed by atoms with Crippen molar-refractivity contribution in [2.75, 3.05) is 5.32 Å². The molecule has 0 saturated heterocycles. The Hall–Kier alpha value is -3.15. The maximum Gasteiger partial charge on any atom is 0.416 e. The maximum absolute atomic E-state index is 12.7. The second-order valence-electron chi connectivity index (χ2n) is 6.59. The van der Waals surface area contributed by atoms with E-state index in [9.17, 15) is 18.0 Å². The van der Waals surface area contributed by atoms with Gasteiger partial charge in [0, 0.05) is 17.6 Å². The average molecular weight is 384 g/mol. The summed E-state index contributed by atoms with van der Waals surface area (Å²) in [6.45, 7) is 3.58. The van der Waals surface area contributed by atoms with Crippen molar-refractivity contribution in [3.05, 3.63) is 83.7 Å². The van der Waals surface area contributed by atoms with Crippen LogP contribution < -0.4 is 5.32 Å². The fourth-order valence-corrected chi connectivity index (χ4v) is 2.83. The van der Waals surface area contributed by atoms with Gasteiger partial charge in [-0.25, -0.2) is 0 Å². The number of benzene rings is 2. The molecule has 1 aromatic heterocycles. The van der Waals surface area contributed by atoms with E-state index in [4.69, 9.17) is 0 Å². The summed E-state index contributed by atoms with van der Waals surface area (Å²) in [5.41, 5.74) is 3.36. The van der Waals surface area contributed by atoms with Gasteiger partial charge < -0.3 is 5.32 Å². The molecule has 0 aliphatic heterocycles. The van der Waals surface area contributed by atoms with Crippen LogP contribution in [0.1, 0.15) is 29.7 Å². The molecular weight excluding hydrogens is 365 g/mol. The second kappa shape index (κ2) is 7.84.